The number of sulfonamides is 1. The molecule has 0 aliphatic carbocycles. The largest absolute Gasteiger partial charge is 0.463 e. The van der Waals surface area contributed by atoms with Crippen molar-refractivity contribution in [3.8, 4) is 0 Å². The first-order valence-electron chi connectivity index (χ1n) is 12.5. The van der Waals surface area contributed by atoms with Crippen LogP contribution in [0.2, 0.25) is 0 Å². The lowest BCUT2D eigenvalue weighted by Crippen LogP contribution is -2.58. The Balaban J connectivity index is 1.62. The van der Waals surface area contributed by atoms with E-state index in [0.29, 0.717) is 0 Å². The van der Waals surface area contributed by atoms with Crippen LogP contribution in [-0.2, 0) is 40.4 Å². The summed E-state index contributed by atoms with van der Waals surface area (Å²) in [5.41, 5.74) is 1.80. The molecule has 10 nitrogen and oxygen atoms in total. The Labute approximate surface area is 224 Å². The van der Waals surface area contributed by atoms with Crippen molar-refractivity contribution in [1.29, 1.82) is 0 Å². The summed E-state index contributed by atoms with van der Waals surface area (Å²) in [6.45, 7) is 7.29. The van der Waals surface area contributed by atoms with E-state index in [1.54, 1.807) is 24.3 Å². The van der Waals surface area contributed by atoms with Gasteiger partial charge in [0.2, 0.25) is 10.0 Å². The first-order chi connectivity index (χ1) is 18.1. The van der Waals surface area contributed by atoms with Gasteiger partial charge in [-0.1, -0.05) is 61.9 Å². The molecule has 2 aromatic carbocycles. The van der Waals surface area contributed by atoms with E-state index in [0.717, 1.165) is 11.1 Å². The molecule has 0 radical (unpaired) electrons. The average molecular weight is 549 g/mol. The highest BCUT2D eigenvalue weighted by molar-refractivity contribution is 7.89. The molecule has 0 spiro atoms. The topological polar surface area (TPSA) is 129 Å². The Morgan fingerprint density at radius 3 is 2.32 bits per heavy atom. The van der Waals surface area contributed by atoms with Crippen molar-refractivity contribution >= 4 is 22.1 Å². The van der Waals surface area contributed by atoms with Gasteiger partial charge in [0.15, 0.2) is 6.29 Å². The summed E-state index contributed by atoms with van der Waals surface area (Å²) in [4.78, 5) is 23.5. The summed E-state index contributed by atoms with van der Waals surface area (Å²) in [6.07, 6.45) is -2.08. The Bertz CT molecular complexity index is 1160. The lowest BCUT2D eigenvalue weighted by Gasteiger charge is -2.44. The minimum Gasteiger partial charge on any atom is -0.463 e. The second-order valence-corrected chi connectivity index (χ2v) is 11.1. The lowest BCUT2D eigenvalue weighted by molar-refractivity contribution is -0.241. The van der Waals surface area contributed by atoms with Crippen molar-refractivity contribution in [3.05, 3.63) is 65.7 Å². The molecule has 1 fully saturated rings. The number of carbonyl (C=O) groups is 2. The zero-order valence-corrected chi connectivity index (χ0v) is 22.9. The standard InChI is InChI=1S/C27H36N2O8S/c1-18-10-12-23(13-11-18)38(32,33)29-25-20(3)19(2)24(17-35-21(4)30)37-26(25)34-15-14-28-27(31)36-16-22-8-6-5-7-9-22/h5-13,19-20,24-26,29H,14-17H2,1-4H3,(H,28,31). The highest BCUT2D eigenvalue weighted by Gasteiger charge is 2.44. The van der Waals surface area contributed by atoms with Crippen LogP contribution < -0.4 is 10.0 Å². The van der Waals surface area contributed by atoms with E-state index in [-0.39, 0.29) is 43.1 Å². The molecule has 1 heterocycles. The van der Waals surface area contributed by atoms with Gasteiger partial charge < -0.3 is 24.3 Å². The van der Waals surface area contributed by atoms with Crippen molar-refractivity contribution in [2.24, 2.45) is 11.8 Å². The van der Waals surface area contributed by atoms with Gasteiger partial charge in [-0.25, -0.2) is 17.9 Å². The molecule has 2 N–H and O–H groups in total. The van der Waals surface area contributed by atoms with Crippen LogP contribution in [0, 0.1) is 18.8 Å². The van der Waals surface area contributed by atoms with Crippen molar-refractivity contribution in [3.63, 3.8) is 0 Å². The third-order valence-corrected chi connectivity index (χ3v) is 8.00. The minimum atomic E-state index is -3.87. The molecular formula is C27H36N2O8S. The maximum absolute atomic E-state index is 13.1. The van der Waals surface area contributed by atoms with E-state index in [2.05, 4.69) is 10.0 Å². The van der Waals surface area contributed by atoms with Gasteiger partial charge in [-0.05, 0) is 36.5 Å². The molecule has 208 valence electrons. The minimum absolute atomic E-state index is 0.0161. The smallest absolute Gasteiger partial charge is 0.407 e. The van der Waals surface area contributed by atoms with Crippen LogP contribution in [0.4, 0.5) is 4.79 Å². The summed E-state index contributed by atoms with van der Waals surface area (Å²) < 4.78 is 51.4. The van der Waals surface area contributed by atoms with E-state index < -0.39 is 40.5 Å². The molecule has 38 heavy (non-hydrogen) atoms. The van der Waals surface area contributed by atoms with Crippen molar-refractivity contribution < 1.29 is 37.0 Å². The average Bonchev–Trinajstić information content (AvgIpc) is 2.89. The number of ether oxygens (including phenoxy) is 4. The summed E-state index contributed by atoms with van der Waals surface area (Å²) in [5.74, 6) is -0.810. The van der Waals surface area contributed by atoms with Gasteiger partial charge in [-0.3, -0.25) is 4.79 Å². The Morgan fingerprint density at radius 2 is 1.66 bits per heavy atom. The molecule has 1 aliphatic rings. The van der Waals surface area contributed by atoms with E-state index in [1.165, 1.54) is 6.92 Å². The number of hydrogen-bond acceptors (Lipinski definition) is 8. The number of benzene rings is 2. The summed E-state index contributed by atoms with van der Waals surface area (Å²) in [7, 11) is -3.87. The molecule has 5 unspecified atom stereocenters. The number of hydrogen-bond donors (Lipinski definition) is 2. The second kappa shape index (κ2) is 13.7. The fourth-order valence-corrected chi connectivity index (χ4v) is 5.37. The number of aryl methyl sites for hydroxylation is 1. The molecule has 0 aromatic heterocycles. The molecule has 1 amide bonds. The van der Waals surface area contributed by atoms with Gasteiger partial charge in [0.1, 0.15) is 13.2 Å². The predicted molar refractivity (Wildman–Crippen MR) is 139 cm³/mol. The quantitative estimate of drug-likeness (QED) is 0.324. The molecule has 11 heteroatoms. The van der Waals surface area contributed by atoms with Crippen LogP contribution in [0.25, 0.3) is 0 Å². The first-order valence-corrected chi connectivity index (χ1v) is 14.0. The van der Waals surface area contributed by atoms with Gasteiger partial charge in [-0.15, -0.1) is 0 Å². The van der Waals surface area contributed by atoms with E-state index in [4.69, 9.17) is 18.9 Å². The number of esters is 1. The van der Waals surface area contributed by atoms with Gasteiger partial charge in [0.25, 0.3) is 0 Å². The van der Waals surface area contributed by atoms with E-state index in [1.807, 2.05) is 51.1 Å². The third kappa shape index (κ3) is 8.52. The van der Waals surface area contributed by atoms with Crippen LogP contribution >= 0.6 is 0 Å². The zero-order valence-electron chi connectivity index (χ0n) is 22.1. The molecule has 5 atom stereocenters. The van der Waals surface area contributed by atoms with Crippen molar-refractivity contribution in [2.75, 3.05) is 19.8 Å². The predicted octanol–water partition coefficient (Wildman–Crippen LogP) is 3.15. The SMILES string of the molecule is CC(=O)OCC1OC(OCCNC(=O)OCc2ccccc2)C(NS(=O)(=O)c2ccc(C)cc2)C(C)C1C. The second-order valence-electron chi connectivity index (χ2n) is 9.38. The molecule has 2 aromatic rings. The normalized spacial score (nSPS) is 23.4. The van der Waals surface area contributed by atoms with E-state index in [9.17, 15) is 18.0 Å². The number of rotatable bonds is 11. The molecule has 0 saturated carbocycles. The number of carbonyl (C=O) groups excluding carboxylic acids is 2. The van der Waals surface area contributed by atoms with Crippen LogP contribution in [-0.4, -0.2) is 58.7 Å². The van der Waals surface area contributed by atoms with E-state index >= 15 is 0 Å². The van der Waals surface area contributed by atoms with Crippen LogP contribution in [0.5, 0.6) is 0 Å². The summed E-state index contributed by atoms with van der Waals surface area (Å²) in [5, 5.41) is 2.61. The number of nitrogens with one attached hydrogen (secondary N) is 2. The summed E-state index contributed by atoms with van der Waals surface area (Å²) in [6, 6.07) is 15.1. The van der Waals surface area contributed by atoms with Crippen LogP contribution in [0.3, 0.4) is 0 Å². The Hall–Kier alpha value is -2.99. The molecule has 1 aliphatic heterocycles. The monoisotopic (exact) mass is 548 g/mol. The fraction of sp³-hybridized carbons (Fsp3) is 0.481. The van der Waals surface area contributed by atoms with Gasteiger partial charge in [0, 0.05) is 13.5 Å². The van der Waals surface area contributed by atoms with Gasteiger partial charge >= 0.3 is 12.1 Å². The fourth-order valence-electron chi connectivity index (χ4n) is 4.06. The highest BCUT2D eigenvalue weighted by Crippen LogP contribution is 2.32. The third-order valence-electron chi connectivity index (χ3n) is 6.52. The van der Waals surface area contributed by atoms with Gasteiger partial charge in [-0.2, -0.15) is 0 Å². The van der Waals surface area contributed by atoms with Crippen molar-refractivity contribution in [1.82, 2.24) is 10.0 Å². The van der Waals surface area contributed by atoms with Crippen LogP contribution in [0.15, 0.2) is 59.5 Å². The van der Waals surface area contributed by atoms with Crippen LogP contribution in [0.1, 0.15) is 31.9 Å². The maximum Gasteiger partial charge on any atom is 0.407 e. The number of alkyl carbamates (subject to hydrolysis) is 1. The summed E-state index contributed by atoms with van der Waals surface area (Å²) >= 11 is 0. The molecule has 0 bridgehead atoms. The Morgan fingerprint density at radius 1 is 0.974 bits per heavy atom. The first kappa shape index (κ1) is 29.6. The zero-order chi connectivity index (χ0) is 27.7. The lowest BCUT2D eigenvalue weighted by atomic mass is 9.82. The molecule has 1 saturated heterocycles. The molecule has 3 rings (SSSR count). The number of amides is 1. The van der Waals surface area contributed by atoms with Crippen molar-refractivity contribution in [2.45, 2.75) is 57.6 Å². The maximum atomic E-state index is 13.1. The Kier molecular flexibility index (Phi) is 10.7. The highest BCUT2D eigenvalue weighted by atomic mass is 32.2. The molecular weight excluding hydrogens is 512 g/mol. The van der Waals surface area contributed by atoms with Gasteiger partial charge in [0.05, 0.1) is 23.6 Å².